The Labute approximate surface area is 106 Å². The summed E-state index contributed by atoms with van der Waals surface area (Å²) in [5.41, 5.74) is 0. The number of nitrogens with zero attached hydrogens (tertiary/aromatic N) is 2. The molecule has 1 rings (SSSR count). The molecule has 1 fully saturated rings. The molecule has 1 aliphatic heterocycles. The molecule has 0 aromatic carbocycles. The van der Waals surface area contributed by atoms with Crippen LogP contribution in [0.1, 0.15) is 52.9 Å². The molecule has 2 atom stereocenters. The summed E-state index contributed by atoms with van der Waals surface area (Å²) in [6.45, 7) is 8.51. The molecule has 3 nitrogen and oxygen atoms in total. The van der Waals surface area contributed by atoms with Crippen molar-refractivity contribution in [2.45, 2.75) is 71.0 Å². The third kappa shape index (κ3) is 5.06. The van der Waals surface area contributed by atoms with Crippen molar-refractivity contribution in [1.29, 1.82) is 5.26 Å². The average molecular weight is 237 g/mol. The van der Waals surface area contributed by atoms with Gasteiger partial charge in [0.1, 0.15) is 6.04 Å². The number of piperidine rings is 1. The van der Waals surface area contributed by atoms with Crippen LogP contribution in [0.2, 0.25) is 0 Å². The van der Waals surface area contributed by atoms with Gasteiger partial charge in [-0.2, -0.15) is 5.26 Å². The Morgan fingerprint density at radius 1 is 1.41 bits per heavy atom. The topological polar surface area (TPSA) is 39.1 Å². The highest BCUT2D eigenvalue weighted by Gasteiger charge is 2.24. The summed E-state index contributed by atoms with van der Waals surface area (Å²) in [6.07, 6.45) is 6.49. The zero-order valence-corrected chi connectivity index (χ0v) is 11.6. The summed E-state index contributed by atoms with van der Waals surface area (Å²) in [7, 11) is 0. The van der Waals surface area contributed by atoms with Gasteiger partial charge in [-0.25, -0.2) is 0 Å². The van der Waals surface area contributed by atoms with Crippen LogP contribution in [0.15, 0.2) is 0 Å². The molecule has 2 unspecified atom stereocenters. The van der Waals surface area contributed by atoms with E-state index in [1.165, 1.54) is 38.6 Å². The summed E-state index contributed by atoms with van der Waals surface area (Å²) in [5, 5.41) is 12.5. The van der Waals surface area contributed by atoms with Gasteiger partial charge in [-0.15, -0.1) is 0 Å². The van der Waals surface area contributed by atoms with E-state index in [0.717, 1.165) is 6.54 Å². The summed E-state index contributed by atoms with van der Waals surface area (Å²) in [5.74, 6) is 0. The van der Waals surface area contributed by atoms with Crippen LogP contribution < -0.4 is 5.32 Å². The number of nitrogens with one attached hydrogen (secondary N) is 1. The van der Waals surface area contributed by atoms with Gasteiger partial charge in [-0.3, -0.25) is 10.2 Å². The van der Waals surface area contributed by atoms with E-state index in [1.807, 2.05) is 0 Å². The van der Waals surface area contributed by atoms with Gasteiger partial charge in [0.15, 0.2) is 0 Å². The summed E-state index contributed by atoms with van der Waals surface area (Å²) < 4.78 is 0. The SMILES string of the molecule is CCCC1CCCCN1CC(C#N)NC(C)C. The molecule has 1 heterocycles. The van der Waals surface area contributed by atoms with Crippen molar-refractivity contribution < 1.29 is 0 Å². The van der Waals surface area contributed by atoms with Gasteiger partial charge < -0.3 is 0 Å². The highest BCUT2D eigenvalue weighted by Crippen LogP contribution is 2.20. The van der Waals surface area contributed by atoms with Gasteiger partial charge in [0, 0.05) is 18.6 Å². The largest absolute Gasteiger partial charge is 0.299 e. The lowest BCUT2D eigenvalue weighted by molar-refractivity contribution is 0.131. The smallest absolute Gasteiger partial charge is 0.108 e. The highest BCUT2D eigenvalue weighted by molar-refractivity contribution is 4.94. The molecule has 0 spiro atoms. The highest BCUT2D eigenvalue weighted by atomic mass is 15.2. The van der Waals surface area contributed by atoms with Gasteiger partial charge in [0.25, 0.3) is 0 Å². The zero-order valence-electron chi connectivity index (χ0n) is 11.6. The fourth-order valence-corrected chi connectivity index (χ4v) is 2.73. The van der Waals surface area contributed by atoms with Crippen molar-refractivity contribution in [3.63, 3.8) is 0 Å². The van der Waals surface area contributed by atoms with Crippen molar-refractivity contribution in [2.24, 2.45) is 0 Å². The maximum Gasteiger partial charge on any atom is 0.108 e. The fourth-order valence-electron chi connectivity index (χ4n) is 2.73. The second-order valence-corrected chi connectivity index (χ2v) is 5.44. The molecule has 0 aliphatic carbocycles. The van der Waals surface area contributed by atoms with Crippen LogP contribution >= 0.6 is 0 Å². The third-order valence-electron chi connectivity index (χ3n) is 3.48. The minimum absolute atomic E-state index is 0.0209. The Morgan fingerprint density at radius 2 is 2.18 bits per heavy atom. The molecule has 17 heavy (non-hydrogen) atoms. The van der Waals surface area contributed by atoms with E-state index in [9.17, 15) is 5.26 Å². The Kier molecular flexibility index (Phi) is 6.54. The van der Waals surface area contributed by atoms with Crippen LogP contribution in [0.25, 0.3) is 0 Å². The molecule has 0 saturated carbocycles. The molecule has 1 N–H and O–H groups in total. The van der Waals surface area contributed by atoms with Crippen molar-refractivity contribution in [3.05, 3.63) is 0 Å². The molecule has 0 radical (unpaired) electrons. The Balaban J connectivity index is 2.47. The second kappa shape index (κ2) is 7.68. The predicted octanol–water partition coefficient (Wildman–Crippen LogP) is 2.53. The van der Waals surface area contributed by atoms with Crippen molar-refractivity contribution in [3.8, 4) is 6.07 Å². The lowest BCUT2D eigenvalue weighted by atomic mass is 9.97. The molecule has 0 aromatic heterocycles. The number of hydrogen-bond donors (Lipinski definition) is 1. The quantitative estimate of drug-likeness (QED) is 0.771. The molecule has 3 heteroatoms. The van der Waals surface area contributed by atoms with Crippen LogP contribution in [0.4, 0.5) is 0 Å². The van der Waals surface area contributed by atoms with Gasteiger partial charge in [0.05, 0.1) is 6.07 Å². The van der Waals surface area contributed by atoms with Crippen molar-refractivity contribution in [1.82, 2.24) is 10.2 Å². The fraction of sp³-hybridized carbons (Fsp3) is 0.929. The van der Waals surface area contributed by atoms with Crippen LogP contribution in [0, 0.1) is 11.3 Å². The van der Waals surface area contributed by atoms with Gasteiger partial charge in [-0.1, -0.05) is 19.8 Å². The molecule has 0 aromatic rings. The number of rotatable bonds is 6. The lowest BCUT2D eigenvalue weighted by Gasteiger charge is -2.37. The molecule has 98 valence electrons. The van der Waals surface area contributed by atoms with E-state index in [-0.39, 0.29) is 6.04 Å². The summed E-state index contributed by atoms with van der Waals surface area (Å²) in [4.78, 5) is 2.52. The first-order valence-electron chi connectivity index (χ1n) is 7.07. The Morgan fingerprint density at radius 3 is 2.76 bits per heavy atom. The maximum atomic E-state index is 9.18. The van der Waals surface area contributed by atoms with E-state index in [1.54, 1.807) is 0 Å². The first kappa shape index (κ1) is 14.5. The van der Waals surface area contributed by atoms with Crippen LogP contribution in [-0.4, -0.2) is 36.1 Å². The lowest BCUT2D eigenvalue weighted by Crippen LogP contribution is -2.48. The minimum Gasteiger partial charge on any atom is -0.299 e. The normalized spacial score (nSPS) is 23.6. The van der Waals surface area contributed by atoms with Crippen LogP contribution in [0.3, 0.4) is 0 Å². The molecular formula is C14H27N3. The monoisotopic (exact) mass is 237 g/mol. The average Bonchev–Trinajstić information content (AvgIpc) is 2.30. The van der Waals surface area contributed by atoms with Gasteiger partial charge >= 0.3 is 0 Å². The Bertz CT molecular complexity index is 242. The standard InChI is InChI=1S/C14H27N3/c1-4-7-14-8-5-6-9-17(14)11-13(10-15)16-12(2)3/h12-14,16H,4-9,11H2,1-3H3. The number of hydrogen-bond acceptors (Lipinski definition) is 3. The first-order chi connectivity index (χ1) is 8.17. The minimum atomic E-state index is -0.0209. The van der Waals surface area contributed by atoms with Crippen LogP contribution in [-0.2, 0) is 0 Å². The van der Waals surface area contributed by atoms with E-state index in [4.69, 9.17) is 0 Å². The third-order valence-corrected chi connectivity index (χ3v) is 3.48. The van der Waals surface area contributed by atoms with Crippen molar-refractivity contribution >= 4 is 0 Å². The molecular weight excluding hydrogens is 210 g/mol. The number of nitriles is 1. The van der Waals surface area contributed by atoms with E-state index in [2.05, 4.69) is 37.1 Å². The summed E-state index contributed by atoms with van der Waals surface area (Å²) >= 11 is 0. The van der Waals surface area contributed by atoms with Gasteiger partial charge in [0.2, 0.25) is 0 Å². The summed E-state index contributed by atoms with van der Waals surface area (Å²) in [6, 6.07) is 3.46. The molecule has 0 amide bonds. The van der Waals surface area contributed by atoms with Gasteiger partial charge in [-0.05, 0) is 39.7 Å². The molecule has 1 aliphatic rings. The predicted molar refractivity (Wildman–Crippen MR) is 71.8 cm³/mol. The zero-order chi connectivity index (χ0) is 12.7. The van der Waals surface area contributed by atoms with E-state index >= 15 is 0 Å². The maximum absolute atomic E-state index is 9.18. The molecule has 1 saturated heterocycles. The van der Waals surface area contributed by atoms with Crippen molar-refractivity contribution in [2.75, 3.05) is 13.1 Å². The Hall–Kier alpha value is -0.590. The van der Waals surface area contributed by atoms with E-state index < -0.39 is 0 Å². The van der Waals surface area contributed by atoms with E-state index in [0.29, 0.717) is 12.1 Å². The first-order valence-corrected chi connectivity index (χ1v) is 7.07. The van der Waals surface area contributed by atoms with Crippen LogP contribution in [0.5, 0.6) is 0 Å². The second-order valence-electron chi connectivity index (χ2n) is 5.44. The molecule has 0 bridgehead atoms. The number of likely N-dealkylation sites (tertiary alicyclic amines) is 1.